The average molecular weight is 424 g/mol. The second kappa shape index (κ2) is 6.17. The maximum atomic E-state index is 11.9. The third-order valence-electron chi connectivity index (χ3n) is 2.08. The summed E-state index contributed by atoms with van der Waals surface area (Å²) in [5, 5.41) is 5.63. The molecular formula is C11H8Br2N2O2S2. The first-order valence-electron chi connectivity index (χ1n) is 5.02. The van der Waals surface area contributed by atoms with E-state index in [1.54, 1.807) is 12.1 Å². The number of nitrogens with one attached hydrogen (secondary N) is 1. The van der Waals surface area contributed by atoms with Gasteiger partial charge in [0.25, 0.3) is 10.0 Å². The van der Waals surface area contributed by atoms with Gasteiger partial charge in [-0.2, -0.15) is 13.5 Å². The molecule has 100 valence electrons. The Morgan fingerprint density at radius 2 is 1.84 bits per heavy atom. The number of benzene rings is 1. The zero-order valence-electron chi connectivity index (χ0n) is 9.38. The average Bonchev–Trinajstić information content (AvgIpc) is 2.75. The Labute approximate surface area is 131 Å². The van der Waals surface area contributed by atoms with Gasteiger partial charge in [0.1, 0.15) is 0 Å². The molecule has 2 aromatic rings. The van der Waals surface area contributed by atoms with Crippen molar-refractivity contribution in [2.75, 3.05) is 0 Å². The quantitative estimate of drug-likeness (QED) is 0.603. The Bertz CT molecular complexity index is 694. The number of hydrogen-bond acceptors (Lipinski definition) is 4. The summed E-state index contributed by atoms with van der Waals surface area (Å²) in [6.45, 7) is 0. The number of rotatable bonds is 4. The predicted molar refractivity (Wildman–Crippen MR) is 84.1 cm³/mol. The van der Waals surface area contributed by atoms with Crippen LogP contribution in [0.4, 0.5) is 0 Å². The van der Waals surface area contributed by atoms with E-state index in [2.05, 4.69) is 41.8 Å². The highest BCUT2D eigenvalue weighted by molar-refractivity contribution is 9.10. The van der Waals surface area contributed by atoms with E-state index in [0.717, 1.165) is 13.8 Å². The summed E-state index contributed by atoms with van der Waals surface area (Å²) in [7, 11) is -3.62. The van der Waals surface area contributed by atoms with Crippen molar-refractivity contribution in [3.63, 3.8) is 0 Å². The number of halogens is 2. The molecule has 0 radical (unpaired) electrons. The first-order chi connectivity index (χ1) is 8.97. The van der Waals surface area contributed by atoms with E-state index < -0.39 is 10.0 Å². The first-order valence-corrected chi connectivity index (χ1v) is 8.97. The van der Waals surface area contributed by atoms with Crippen molar-refractivity contribution in [2.45, 2.75) is 4.90 Å². The maximum absolute atomic E-state index is 11.9. The van der Waals surface area contributed by atoms with Crippen LogP contribution >= 0.6 is 43.2 Å². The molecular weight excluding hydrogens is 416 g/mol. The van der Waals surface area contributed by atoms with Gasteiger partial charge in [-0.25, -0.2) is 4.83 Å². The van der Waals surface area contributed by atoms with E-state index in [4.69, 9.17) is 0 Å². The minimum absolute atomic E-state index is 0.167. The van der Waals surface area contributed by atoms with Crippen LogP contribution in [0.25, 0.3) is 0 Å². The summed E-state index contributed by atoms with van der Waals surface area (Å²) in [4.78, 5) is 3.19. The molecule has 1 aromatic carbocycles. The second-order valence-corrected chi connectivity index (χ2v) is 7.91. The van der Waals surface area contributed by atoms with E-state index in [0.29, 0.717) is 0 Å². The molecule has 1 aromatic heterocycles. The monoisotopic (exact) mass is 422 g/mol. The zero-order valence-corrected chi connectivity index (χ0v) is 14.2. The van der Waals surface area contributed by atoms with Gasteiger partial charge in [0.2, 0.25) is 0 Å². The van der Waals surface area contributed by atoms with Gasteiger partial charge < -0.3 is 0 Å². The van der Waals surface area contributed by atoms with Crippen LogP contribution in [0.15, 0.2) is 54.7 Å². The van der Waals surface area contributed by atoms with E-state index in [9.17, 15) is 8.42 Å². The number of nitrogens with zero attached hydrogens (tertiary/aromatic N) is 1. The van der Waals surface area contributed by atoms with Gasteiger partial charge in [-0.1, -0.05) is 15.9 Å². The van der Waals surface area contributed by atoms with Crippen LogP contribution in [-0.4, -0.2) is 14.6 Å². The molecule has 0 bridgehead atoms. The maximum Gasteiger partial charge on any atom is 0.276 e. The predicted octanol–water partition coefficient (Wildman–Crippen LogP) is 3.59. The molecule has 4 nitrogen and oxygen atoms in total. The topological polar surface area (TPSA) is 58.5 Å². The van der Waals surface area contributed by atoms with Crippen molar-refractivity contribution in [3.8, 4) is 0 Å². The number of hydrogen-bond donors (Lipinski definition) is 1. The minimum Gasteiger partial charge on any atom is -0.200 e. The molecule has 0 saturated carbocycles. The molecule has 0 fully saturated rings. The molecule has 1 heterocycles. The molecule has 8 heteroatoms. The van der Waals surface area contributed by atoms with Crippen LogP contribution < -0.4 is 4.83 Å². The largest absolute Gasteiger partial charge is 0.276 e. The molecule has 0 aliphatic rings. The summed E-state index contributed by atoms with van der Waals surface area (Å²) in [5.74, 6) is 0. The van der Waals surface area contributed by atoms with Gasteiger partial charge in [-0.15, -0.1) is 11.3 Å². The molecule has 0 aliphatic carbocycles. The van der Waals surface area contributed by atoms with Gasteiger partial charge in [0, 0.05) is 19.2 Å². The molecule has 1 N–H and O–H groups in total. The van der Waals surface area contributed by atoms with Gasteiger partial charge in [0.15, 0.2) is 0 Å². The molecule has 0 saturated heterocycles. The Morgan fingerprint density at radius 3 is 2.42 bits per heavy atom. The van der Waals surface area contributed by atoms with Crippen LogP contribution in [0.1, 0.15) is 4.88 Å². The summed E-state index contributed by atoms with van der Waals surface area (Å²) in [6.07, 6.45) is 1.46. The molecule has 0 unspecified atom stereocenters. The third-order valence-corrected chi connectivity index (χ3v) is 5.47. The summed E-state index contributed by atoms with van der Waals surface area (Å²) < 4.78 is 25.5. The Morgan fingerprint density at radius 1 is 1.16 bits per heavy atom. The minimum atomic E-state index is -3.62. The first kappa shape index (κ1) is 14.7. The van der Waals surface area contributed by atoms with E-state index in [1.807, 2.05) is 11.4 Å². The Balaban J connectivity index is 2.09. The smallest absolute Gasteiger partial charge is 0.200 e. The van der Waals surface area contributed by atoms with Crippen LogP contribution in [0.2, 0.25) is 0 Å². The molecule has 19 heavy (non-hydrogen) atoms. The fourth-order valence-electron chi connectivity index (χ4n) is 1.22. The van der Waals surface area contributed by atoms with Crippen molar-refractivity contribution < 1.29 is 8.42 Å². The van der Waals surface area contributed by atoms with E-state index >= 15 is 0 Å². The zero-order chi connectivity index (χ0) is 13.9. The Kier molecular flexibility index (Phi) is 4.77. The van der Waals surface area contributed by atoms with Gasteiger partial charge in [-0.05, 0) is 46.3 Å². The summed E-state index contributed by atoms with van der Waals surface area (Å²) >= 11 is 8.02. The SMILES string of the molecule is O=S(=O)(N/N=C\c1cc(Br)cs1)c1ccc(Br)cc1. The fourth-order valence-corrected chi connectivity index (χ4v) is 3.58. The van der Waals surface area contributed by atoms with Crippen molar-refractivity contribution in [2.24, 2.45) is 5.10 Å². The lowest BCUT2D eigenvalue weighted by atomic mass is 10.4. The van der Waals surface area contributed by atoms with Crippen LogP contribution in [-0.2, 0) is 10.0 Å². The van der Waals surface area contributed by atoms with Crippen LogP contribution in [0, 0.1) is 0 Å². The van der Waals surface area contributed by atoms with Gasteiger partial charge in [-0.3, -0.25) is 0 Å². The highest BCUT2D eigenvalue weighted by Gasteiger charge is 2.11. The lowest BCUT2D eigenvalue weighted by molar-refractivity contribution is 0.584. The van der Waals surface area contributed by atoms with Gasteiger partial charge in [0.05, 0.1) is 11.1 Å². The van der Waals surface area contributed by atoms with Gasteiger partial charge >= 0.3 is 0 Å². The van der Waals surface area contributed by atoms with Crippen molar-refractivity contribution in [1.29, 1.82) is 0 Å². The third kappa shape index (κ3) is 4.13. The number of thiophene rings is 1. The second-order valence-electron chi connectivity index (χ2n) is 3.47. The van der Waals surface area contributed by atoms with Crippen molar-refractivity contribution in [3.05, 3.63) is 49.5 Å². The molecule has 2 rings (SSSR count). The molecule has 0 amide bonds. The molecule has 0 aliphatic heterocycles. The van der Waals surface area contributed by atoms with Crippen LogP contribution in [0.5, 0.6) is 0 Å². The molecule has 0 atom stereocenters. The molecule has 0 spiro atoms. The number of sulfonamides is 1. The summed E-state index contributed by atoms with van der Waals surface area (Å²) in [6, 6.07) is 8.18. The standard InChI is InChI=1S/C11H8Br2N2O2S2/c12-8-1-3-11(4-2-8)19(16,17)15-14-6-10-5-9(13)7-18-10/h1-7,15H/b14-6-. The normalized spacial score (nSPS) is 11.9. The fraction of sp³-hybridized carbons (Fsp3) is 0. The number of hydrazone groups is 1. The van der Waals surface area contributed by atoms with Crippen molar-refractivity contribution >= 4 is 59.4 Å². The van der Waals surface area contributed by atoms with E-state index in [1.165, 1.54) is 29.7 Å². The van der Waals surface area contributed by atoms with Crippen LogP contribution in [0.3, 0.4) is 0 Å². The highest BCUT2D eigenvalue weighted by Crippen LogP contribution is 2.18. The van der Waals surface area contributed by atoms with Crippen molar-refractivity contribution in [1.82, 2.24) is 4.83 Å². The highest BCUT2D eigenvalue weighted by atomic mass is 79.9. The van der Waals surface area contributed by atoms with E-state index in [-0.39, 0.29) is 4.90 Å². The Hall–Kier alpha value is -0.700. The lowest BCUT2D eigenvalue weighted by Crippen LogP contribution is -2.18. The lowest BCUT2D eigenvalue weighted by Gasteiger charge is -2.02. The summed E-state index contributed by atoms with van der Waals surface area (Å²) in [5.41, 5.74) is 0.